The summed E-state index contributed by atoms with van der Waals surface area (Å²) in [4.78, 5) is 6.17. The first-order chi connectivity index (χ1) is 12.0. The minimum absolute atomic E-state index is 0.0801. The van der Waals surface area contributed by atoms with Crippen molar-refractivity contribution < 1.29 is 23.1 Å². The summed E-state index contributed by atoms with van der Waals surface area (Å²) in [6.45, 7) is 3.38. The molecule has 2 atom stereocenters. The first-order valence-electron chi connectivity index (χ1n) is 7.60. The van der Waals surface area contributed by atoms with Gasteiger partial charge in [-0.1, -0.05) is 28.4 Å². The van der Waals surface area contributed by atoms with Crippen LogP contribution in [0.5, 0.6) is 0 Å². The average Bonchev–Trinajstić information content (AvgIpc) is 3.10. The molecular weight excluding hydrogens is 410 g/mol. The van der Waals surface area contributed by atoms with E-state index in [-0.39, 0.29) is 21.3 Å². The molecule has 26 heavy (non-hydrogen) atoms. The van der Waals surface area contributed by atoms with E-state index in [1.165, 1.54) is 29.5 Å². The first-order valence-corrected chi connectivity index (χ1v) is 9.18. The summed E-state index contributed by atoms with van der Waals surface area (Å²) in [7, 11) is 0. The molecule has 0 saturated heterocycles. The molecule has 2 aromatic rings. The first kappa shape index (κ1) is 19.5. The summed E-state index contributed by atoms with van der Waals surface area (Å²) < 4.78 is 41.8. The van der Waals surface area contributed by atoms with Gasteiger partial charge in [-0.15, -0.1) is 11.3 Å². The molecule has 9 heteroatoms. The van der Waals surface area contributed by atoms with Gasteiger partial charge in [-0.3, -0.25) is 0 Å². The molecule has 3 rings (SSSR count). The summed E-state index contributed by atoms with van der Waals surface area (Å²) in [6, 6.07) is 5.41. The van der Waals surface area contributed by atoms with E-state index >= 15 is 0 Å². The largest absolute Gasteiger partial charge is 0.435 e. The van der Waals surface area contributed by atoms with E-state index in [0.717, 1.165) is 5.56 Å². The van der Waals surface area contributed by atoms with Crippen LogP contribution < -0.4 is 0 Å². The zero-order chi connectivity index (χ0) is 19.3. The van der Waals surface area contributed by atoms with Gasteiger partial charge in [0.15, 0.2) is 0 Å². The zero-order valence-electron chi connectivity index (χ0n) is 13.7. The van der Waals surface area contributed by atoms with E-state index in [1.807, 2.05) is 0 Å². The SMILES string of the molecule is Cc1cc(C2=NOC(c3cc(Cl)cc(Cl)c3)(C(F)(F)F)C2)sc1C(C)O. The third-order valence-electron chi connectivity index (χ3n) is 4.13. The Kier molecular flexibility index (Phi) is 5.03. The van der Waals surface area contributed by atoms with E-state index in [2.05, 4.69) is 5.16 Å². The number of halogens is 5. The lowest BCUT2D eigenvalue weighted by Crippen LogP contribution is -2.42. The van der Waals surface area contributed by atoms with Crippen LogP contribution in [-0.4, -0.2) is 17.0 Å². The highest BCUT2D eigenvalue weighted by Crippen LogP contribution is 2.50. The van der Waals surface area contributed by atoms with Gasteiger partial charge in [0.2, 0.25) is 0 Å². The van der Waals surface area contributed by atoms with Gasteiger partial charge in [0.05, 0.1) is 17.4 Å². The average molecular weight is 424 g/mol. The maximum atomic E-state index is 13.9. The minimum Gasteiger partial charge on any atom is -0.388 e. The van der Waals surface area contributed by atoms with Crippen LogP contribution >= 0.6 is 34.5 Å². The van der Waals surface area contributed by atoms with Crippen molar-refractivity contribution in [2.45, 2.75) is 38.1 Å². The number of rotatable bonds is 3. The normalized spacial score (nSPS) is 21.5. The van der Waals surface area contributed by atoms with Crippen molar-refractivity contribution in [2.75, 3.05) is 0 Å². The quantitative estimate of drug-likeness (QED) is 0.657. The number of thiophene rings is 1. The van der Waals surface area contributed by atoms with Gasteiger partial charge in [-0.25, -0.2) is 0 Å². The number of alkyl halides is 3. The predicted octanol–water partition coefficient (Wildman–Crippen LogP) is 6.00. The minimum atomic E-state index is -4.73. The maximum Gasteiger partial charge on any atom is 0.435 e. The highest BCUT2D eigenvalue weighted by molar-refractivity contribution is 7.14. The second-order valence-corrected chi connectivity index (χ2v) is 8.08. The summed E-state index contributed by atoms with van der Waals surface area (Å²) in [6.07, 6.45) is -5.95. The molecule has 1 aromatic heterocycles. The molecule has 1 aliphatic rings. The fourth-order valence-corrected chi connectivity index (χ4v) is 4.49. The number of aliphatic hydroxyl groups excluding tert-OH is 1. The molecule has 3 nitrogen and oxygen atoms in total. The standard InChI is InChI=1S/C17H14Cl2F3NO2S/c1-8-3-14(26-15(8)9(2)24)13-7-16(25-23-13,17(20,21)22)10-4-11(18)6-12(19)5-10/h3-6,9,24H,7H2,1-2H3. The lowest BCUT2D eigenvalue weighted by molar-refractivity contribution is -0.275. The van der Waals surface area contributed by atoms with E-state index in [0.29, 0.717) is 9.75 Å². The van der Waals surface area contributed by atoms with Gasteiger partial charge in [0.25, 0.3) is 5.60 Å². The number of hydrogen-bond donors (Lipinski definition) is 1. The van der Waals surface area contributed by atoms with E-state index in [9.17, 15) is 18.3 Å². The summed E-state index contributed by atoms with van der Waals surface area (Å²) in [5, 5.41) is 13.6. The van der Waals surface area contributed by atoms with Crippen molar-refractivity contribution in [1.82, 2.24) is 0 Å². The van der Waals surface area contributed by atoms with Crippen LogP contribution in [0.3, 0.4) is 0 Å². The van der Waals surface area contributed by atoms with Crippen LogP contribution in [-0.2, 0) is 10.4 Å². The van der Waals surface area contributed by atoms with Crippen molar-refractivity contribution in [3.05, 3.63) is 55.2 Å². The van der Waals surface area contributed by atoms with Crippen molar-refractivity contribution in [1.29, 1.82) is 0 Å². The van der Waals surface area contributed by atoms with E-state index < -0.39 is 24.3 Å². The Morgan fingerprint density at radius 2 is 1.85 bits per heavy atom. The molecule has 0 aliphatic carbocycles. The monoisotopic (exact) mass is 423 g/mol. The van der Waals surface area contributed by atoms with Crippen molar-refractivity contribution in [3.8, 4) is 0 Å². The topological polar surface area (TPSA) is 41.8 Å². The molecule has 0 bridgehead atoms. The summed E-state index contributed by atoms with van der Waals surface area (Å²) in [5.74, 6) is 0. The number of oxime groups is 1. The zero-order valence-corrected chi connectivity index (χ0v) is 16.0. The maximum absolute atomic E-state index is 13.9. The number of benzene rings is 1. The van der Waals surface area contributed by atoms with Crippen molar-refractivity contribution in [3.63, 3.8) is 0 Å². The molecule has 2 unspecified atom stereocenters. The smallest absolute Gasteiger partial charge is 0.388 e. The Labute approximate surface area is 162 Å². The molecule has 0 fully saturated rings. The van der Waals surface area contributed by atoms with E-state index in [1.54, 1.807) is 19.9 Å². The molecule has 1 N–H and O–H groups in total. The van der Waals surface area contributed by atoms with Crippen LogP contribution in [0.1, 0.15) is 40.3 Å². The Morgan fingerprint density at radius 3 is 2.35 bits per heavy atom. The molecule has 1 aliphatic heterocycles. The fraction of sp³-hybridized carbons (Fsp3) is 0.353. The molecule has 0 saturated carbocycles. The van der Waals surface area contributed by atoms with Crippen LogP contribution in [0.15, 0.2) is 29.4 Å². The van der Waals surface area contributed by atoms with Crippen LogP contribution in [0, 0.1) is 6.92 Å². The number of nitrogens with zero attached hydrogens (tertiary/aromatic N) is 1. The van der Waals surface area contributed by atoms with Crippen molar-refractivity contribution in [2.24, 2.45) is 5.16 Å². The van der Waals surface area contributed by atoms with Gasteiger partial charge in [0.1, 0.15) is 5.71 Å². The van der Waals surface area contributed by atoms with Gasteiger partial charge < -0.3 is 9.94 Å². The molecule has 140 valence electrons. The van der Waals surface area contributed by atoms with Gasteiger partial charge >= 0.3 is 6.18 Å². The van der Waals surface area contributed by atoms with E-state index in [4.69, 9.17) is 28.0 Å². The molecule has 2 heterocycles. The third-order valence-corrected chi connectivity index (χ3v) is 6.03. The number of aryl methyl sites for hydroxylation is 1. The van der Waals surface area contributed by atoms with Gasteiger partial charge in [0, 0.05) is 20.5 Å². The van der Waals surface area contributed by atoms with Crippen LogP contribution in [0.25, 0.3) is 0 Å². The molecule has 1 aromatic carbocycles. The van der Waals surface area contributed by atoms with Gasteiger partial charge in [-0.05, 0) is 43.7 Å². The predicted molar refractivity (Wildman–Crippen MR) is 96.1 cm³/mol. The number of aliphatic hydroxyl groups is 1. The Bertz CT molecular complexity index is 859. The highest BCUT2D eigenvalue weighted by Gasteiger charge is 2.62. The lowest BCUT2D eigenvalue weighted by atomic mass is 9.88. The van der Waals surface area contributed by atoms with Crippen molar-refractivity contribution >= 4 is 40.3 Å². The third kappa shape index (κ3) is 3.33. The Morgan fingerprint density at radius 1 is 1.23 bits per heavy atom. The van der Waals surface area contributed by atoms with Crippen LogP contribution in [0.4, 0.5) is 13.2 Å². The second-order valence-electron chi connectivity index (χ2n) is 6.12. The molecule has 0 radical (unpaired) electrons. The lowest BCUT2D eigenvalue weighted by Gasteiger charge is -2.29. The molecule has 0 spiro atoms. The summed E-state index contributed by atoms with van der Waals surface area (Å²) in [5.41, 5.74) is -1.90. The Balaban J connectivity index is 2.02. The van der Waals surface area contributed by atoms with Crippen LogP contribution in [0.2, 0.25) is 10.0 Å². The molecule has 0 amide bonds. The summed E-state index contributed by atoms with van der Waals surface area (Å²) >= 11 is 13.0. The molecular formula is C17H14Cl2F3NO2S. The highest BCUT2D eigenvalue weighted by atomic mass is 35.5. The fourth-order valence-electron chi connectivity index (χ4n) is 2.88. The number of hydrogen-bond acceptors (Lipinski definition) is 4. The second kappa shape index (κ2) is 6.71. The van der Waals surface area contributed by atoms with Gasteiger partial charge in [-0.2, -0.15) is 13.2 Å². The Hall–Kier alpha value is -1.28.